The van der Waals surface area contributed by atoms with Crippen LogP contribution in [0.15, 0.2) is 47.3 Å². The van der Waals surface area contributed by atoms with Crippen molar-refractivity contribution in [1.29, 1.82) is 0 Å². The molecule has 1 aromatic heterocycles. The van der Waals surface area contributed by atoms with Gasteiger partial charge in [-0.15, -0.1) is 0 Å². The van der Waals surface area contributed by atoms with Gasteiger partial charge in [0.05, 0.1) is 31.0 Å². The molecule has 1 heterocycles. The number of amides is 1. The molecule has 3 rings (SSSR count). The molecule has 28 heavy (non-hydrogen) atoms. The van der Waals surface area contributed by atoms with Gasteiger partial charge in [-0.3, -0.25) is 9.59 Å². The van der Waals surface area contributed by atoms with Crippen LogP contribution in [0.25, 0.3) is 10.9 Å². The number of hydrogen-bond acceptors (Lipinski definition) is 4. The molecule has 6 nitrogen and oxygen atoms in total. The molecule has 0 aliphatic heterocycles. The second kappa shape index (κ2) is 8.44. The lowest BCUT2D eigenvalue weighted by molar-refractivity contribution is -0.133. The van der Waals surface area contributed by atoms with Crippen LogP contribution in [0.5, 0.6) is 5.75 Å². The molecule has 0 saturated heterocycles. The van der Waals surface area contributed by atoms with Crippen molar-refractivity contribution in [2.24, 2.45) is 0 Å². The Morgan fingerprint density at radius 3 is 2.71 bits per heavy atom. The summed E-state index contributed by atoms with van der Waals surface area (Å²) < 4.78 is 5.33. The van der Waals surface area contributed by atoms with Crippen molar-refractivity contribution < 1.29 is 9.53 Å². The molecule has 7 heteroatoms. The fraction of sp³-hybridized carbons (Fsp3) is 0.286. The zero-order chi connectivity index (χ0) is 20.3. The average Bonchev–Trinajstić information content (AvgIpc) is 2.66. The maximum absolute atomic E-state index is 13.0. The molecule has 1 N–H and O–H groups in total. The van der Waals surface area contributed by atoms with E-state index >= 15 is 0 Å². The predicted molar refractivity (Wildman–Crippen MR) is 110 cm³/mol. The number of carbonyl (C=O) groups is 1. The number of ether oxygens (including phenoxy) is 1. The van der Waals surface area contributed by atoms with Crippen LogP contribution in [-0.4, -0.2) is 33.9 Å². The summed E-state index contributed by atoms with van der Waals surface area (Å²) in [6.45, 7) is 4.05. The molecule has 0 fully saturated rings. The minimum absolute atomic E-state index is 0.0746. The highest BCUT2D eigenvalue weighted by Crippen LogP contribution is 2.24. The van der Waals surface area contributed by atoms with Gasteiger partial charge >= 0.3 is 0 Å². The number of nitrogens with one attached hydrogen (secondary N) is 1. The molecule has 0 radical (unpaired) electrons. The van der Waals surface area contributed by atoms with Gasteiger partial charge in [0, 0.05) is 16.6 Å². The van der Waals surface area contributed by atoms with Crippen molar-refractivity contribution in [1.82, 2.24) is 14.9 Å². The fourth-order valence-electron chi connectivity index (χ4n) is 3.08. The lowest BCUT2D eigenvalue weighted by Crippen LogP contribution is -2.38. The summed E-state index contributed by atoms with van der Waals surface area (Å²) in [7, 11) is 1.56. The van der Waals surface area contributed by atoms with Crippen LogP contribution in [0.3, 0.4) is 0 Å². The summed E-state index contributed by atoms with van der Waals surface area (Å²) in [6.07, 6.45) is 0.139. The van der Waals surface area contributed by atoms with E-state index in [9.17, 15) is 9.59 Å². The van der Waals surface area contributed by atoms with Crippen LogP contribution in [0.4, 0.5) is 0 Å². The van der Waals surface area contributed by atoms with E-state index < -0.39 is 0 Å². The van der Waals surface area contributed by atoms with Gasteiger partial charge < -0.3 is 14.6 Å². The van der Waals surface area contributed by atoms with Crippen LogP contribution in [0, 0.1) is 0 Å². The van der Waals surface area contributed by atoms with Crippen molar-refractivity contribution in [3.05, 3.63) is 69.2 Å². The number of halogens is 1. The highest BCUT2D eigenvalue weighted by molar-refractivity contribution is 6.30. The van der Waals surface area contributed by atoms with Crippen LogP contribution in [0.2, 0.25) is 5.02 Å². The zero-order valence-electron chi connectivity index (χ0n) is 16.0. The quantitative estimate of drug-likeness (QED) is 0.687. The number of fused-ring (bicyclic) bond motifs is 1. The van der Waals surface area contributed by atoms with E-state index in [1.54, 1.807) is 48.4 Å². The topological polar surface area (TPSA) is 75.3 Å². The Morgan fingerprint density at radius 1 is 1.25 bits per heavy atom. The van der Waals surface area contributed by atoms with E-state index in [2.05, 4.69) is 9.97 Å². The van der Waals surface area contributed by atoms with Gasteiger partial charge in [-0.25, -0.2) is 4.98 Å². The standard InChI is InChI=1S/C21H22ClN3O3/c1-13(2)25(20(26)11-14-10-15(22)8-9-18(14)28-3)12-19-23-17-7-5-4-6-16(17)21(27)24-19/h4-10,13H,11-12H2,1-3H3,(H,23,24,27). The third kappa shape index (κ3) is 4.34. The first-order valence-electron chi connectivity index (χ1n) is 8.99. The van der Waals surface area contributed by atoms with E-state index in [0.29, 0.717) is 33.1 Å². The summed E-state index contributed by atoms with van der Waals surface area (Å²) in [4.78, 5) is 34.3. The molecule has 3 aromatic rings. The number of para-hydroxylation sites is 1. The van der Waals surface area contributed by atoms with Gasteiger partial charge in [-0.1, -0.05) is 23.7 Å². The number of rotatable bonds is 6. The molecule has 0 atom stereocenters. The molecule has 0 spiro atoms. The predicted octanol–water partition coefficient (Wildman–Crippen LogP) is 3.56. The molecule has 0 bridgehead atoms. The molecule has 2 aromatic carbocycles. The summed E-state index contributed by atoms with van der Waals surface area (Å²) >= 11 is 6.07. The minimum Gasteiger partial charge on any atom is -0.496 e. The van der Waals surface area contributed by atoms with Crippen molar-refractivity contribution in [2.75, 3.05) is 7.11 Å². The van der Waals surface area contributed by atoms with Crippen molar-refractivity contribution in [3.8, 4) is 5.75 Å². The Balaban J connectivity index is 1.87. The summed E-state index contributed by atoms with van der Waals surface area (Å²) in [6, 6.07) is 12.2. The average molecular weight is 400 g/mol. The lowest BCUT2D eigenvalue weighted by atomic mass is 10.1. The monoisotopic (exact) mass is 399 g/mol. The number of aromatic nitrogens is 2. The van der Waals surface area contributed by atoms with Crippen LogP contribution >= 0.6 is 11.6 Å². The first-order valence-corrected chi connectivity index (χ1v) is 9.36. The van der Waals surface area contributed by atoms with Gasteiger partial charge in [0.2, 0.25) is 5.91 Å². The normalized spacial score (nSPS) is 11.0. The Morgan fingerprint density at radius 2 is 2.00 bits per heavy atom. The van der Waals surface area contributed by atoms with E-state index in [-0.39, 0.29) is 30.5 Å². The van der Waals surface area contributed by atoms with E-state index in [1.165, 1.54) is 0 Å². The number of methoxy groups -OCH3 is 1. The maximum Gasteiger partial charge on any atom is 0.258 e. The molecular weight excluding hydrogens is 378 g/mol. The van der Waals surface area contributed by atoms with Gasteiger partial charge in [-0.05, 0) is 44.2 Å². The zero-order valence-corrected chi connectivity index (χ0v) is 16.8. The number of carbonyl (C=O) groups excluding carboxylic acids is 1. The molecule has 146 valence electrons. The Kier molecular flexibility index (Phi) is 5.99. The van der Waals surface area contributed by atoms with Crippen LogP contribution in [-0.2, 0) is 17.8 Å². The number of hydrogen-bond donors (Lipinski definition) is 1. The third-order valence-corrected chi connectivity index (χ3v) is 4.74. The first-order chi connectivity index (χ1) is 13.4. The van der Waals surface area contributed by atoms with Gasteiger partial charge in [0.25, 0.3) is 5.56 Å². The third-order valence-electron chi connectivity index (χ3n) is 4.51. The second-order valence-electron chi connectivity index (χ2n) is 6.78. The molecule has 1 amide bonds. The van der Waals surface area contributed by atoms with Crippen molar-refractivity contribution >= 4 is 28.4 Å². The summed E-state index contributed by atoms with van der Waals surface area (Å²) in [5, 5.41) is 1.07. The fourth-order valence-corrected chi connectivity index (χ4v) is 3.27. The Bertz CT molecular complexity index is 1060. The van der Waals surface area contributed by atoms with Crippen molar-refractivity contribution in [3.63, 3.8) is 0 Å². The van der Waals surface area contributed by atoms with E-state index in [1.807, 2.05) is 19.9 Å². The summed E-state index contributed by atoms with van der Waals surface area (Å²) in [5.74, 6) is 0.953. The summed E-state index contributed by atoms with van der Waals surface area (Å²) in [5.41, 5.74) is 1.10. The van der Waals surface area contributed by atoms with E-state index in [0.717, 1.165) is 0 Å². The maximum atomic E-state index is 13.0. The SMILES string of the molecule is COc1ccc(Cl)cc1CC(=O)N(Cc1nc2ccccc2c(=O)[nH]1)C(C)C. The van der Waals surface area contributed by atoms with Crippen LogP contribution < -0.4 is 10.3 Å². The second-order valence-corrected chi connectivity index (χ2v) is 7.21. The Hall–Kier alpha value is -2.86. The molecular formula is C21H22ClN3O3. The number of benzene rings is 2. The van der Waals surface area contributed by atoms with Gasteiger partial charge in [0.1, 0.15) is 11.6 Å². The van der Waals surface area contributed by atoms with E-state index in [4.69, 9.17) is 16.3 Å². The lowest BCUT2D eigenvalue weighted by Gasteiger charge is -2.26. The molecule has 0 unspecified atom stereocenters. The van der Waals surface area contributed by atoms with Gasteiger partial charge in [-0.2, -0.15) is 0 Å². The minimum atomic E-state index is -0.215. The Labute approximate surface area is 168 Å². The highest BCUT2D eigenvalue weighted by atomic mass is 35.5. The highest BCUT2D eigenvalue weighted by Gasteiger charge is 2.21. The number of H-pyrrole nitrogens is 1. The number of aromatic amines is 1. The first kappa shape index (κ1) is 19.9. The van der Waals surface area contributed by atoms with Crippen LogP contribution in [0.1, 0.15) is 25.2 Å². The molecule has 0 aliphatic rings. The van der Waals surface area contributed by atoms with Crippen molar-refractivity contribution in [2.45, 2.75) is 32.9 Å². The van der Waals surface area contributed by atoms with Gasteiger partial charge in [0.15, 0.2) is 0 Å². The smallest absolute Gasteiger partial charge is 0.258 e. The number of nitrogens with zero attached hydrogens (tertiary/aromatic N) is 2. The largest absolute Gasteiger partial charge is 0.496 e. The molecule has 0 saturated carbocycles. The molecule has 0 aliphatic carbocycles.